The Morgan fingerprint density at radius 1 is 1.43 bits per heavy atom. The van der Waals surface area contributed by atoms with Crippen LogP contribution in [-0.2, 0) is 11.3 Å². The molecule has 0 aliphatic heterocycles. The summed E-state index contributed by atoms with van der Waals surface area (Å²) in [6.07, 6.45) is -4.56. The molecule has 1 atom stereocenters. The molecular weight excluding hydrogens is 195 g/mol. The van der Waals surface area contributed by atoms with Crippen LogP contribution in [0.3, 0.4) is 0 Å². The molecule has 2 nitrogen and oxygen atoms in total. The number of hydrogen-bond donors (Lipinski definition) is 0. The van der Waals surface area contributed by atoms with Crippen molar-refractivity contribution in [2.24, 2.45) is 0 Å². The first-order valence-electron chi connectivity index (χ1n) is 4.08. The summed E-state index contributed by atoms with van der Waals surface area (Å²) in [6.45, 7) is 0.852. The van der Waals surface area contributed by atoms with Crippen molar-refractivity contribution in [2.45, 2.75) is 25.8 Å². The molecule has 1 rings (SSSR count). The molecule has 5 heteroatoms. The van der Waals surface area contributed by atoms with Crippen LogP contribution in [0, 0.1) is 0 Å². The normalized spacial score (nSPS) is 14.0. The molecule has 0 saturated carbocycles. The van der Waals surface area contributed by atoms with Crippen molar-refractivity contribution in [3.05, 3.63) is 30.1 Å². The highest BCUT2D eigenvalue weighted by molar-refractivity contribution is 5.01. The lowest BCUT2D eigenvalue weighted by Gasteiger charge is -2.15. The molecule has 1 aromatic rings. The first-order valence-corrected chi connectivity index (χ1v) is 4.08. The number of ether oxygens (including phenoxy) is 1. The van der Waals surface area contributed by atoms with E-state index < -0.39 is 12.3 Å². The van der Waals surface area contributed by atoms with Gasteiger partial charge < -0.3 is 4.74 Å². The van der Waals surface area contributed by atoms with E-state index in [1.807, 2.05) is 0 Å². The largest absolute Gasteiger partial charge is 0.414 e. The van der Waals surface area contributed by atoms with Crippen LogP contribution in [0.5, 0.6) is 0 Å². The molecule has 0 N–H and O–H groups in total. The summed E-state index contributed by atoms with van der Waals surface area (Å²) in [6, 6.07) is 5.00. The van der Waals surface area contributed by atoms with Gasteiger partial charge in [-0.05, 0) is 19.1 Å². The fourth-order valence-electron chi connectivity index (χ4n) is 0.788. The van der Waals surface area contributed by atoms with Crippen LogP contribution in [0.15, 0.2) is 24.4 Å². The maximum Gasteiger partial charge on any atom is 0.414 e. The Bertz CT molecular complexity index is 273. The van der Waals surface area contributed by atoms with E-state index in [1.54, 1.807) is 18.2 Å². The highest BCUT2D eigenvalue weighted by Gasteiger charge is 2.36. The molecule has 1 aromatic heterocycles. The monoisotopic (exact) mass is 205 g/mol. The number of aromatic nitrogens is 1. The molecule has 1 unspecified atom stereocenters. The summed E-state index contributed by atoms with van der Waals surface area (Å²) in [5.74, 6) is 0. The van der Waals surface area contributed by atoms with Gasteiger partial charge in [0.25, 0.3) is 0 Å². The van der Waals surface area contributed by atoms with Gasteiger partial charge in [0.15, 0.2) is 6.10 Å². The van der Waals surface area contributed by atoms with Crippen LogP contribution in [-0.4, -0.2) is 17.3 Å². The Morgan fingerprint density at radius 3 is 2.64 bits per heavy atom. The average Bonchev–Trinajstić information content (AvgIpc) is 2.14. The molecule has 0 bridgehead atoms. The van der Waals surface area contributed by atoms with E-state index >= 15 is 0 Å². The van der Waals surface area contributed by atoms with Gasteiger partial charge in [-0.25, -0.2) is 0 Å². The van der Waals surface area contributed by atoms with Crippen molar-refractivity contribution in [3.8, 4) is 0 Å². The molecule has 0 aliphatic rings. The van der Waals surface area contributed by atoms with Crippen LogP contribution >= 0.6 is 0 Å². The Balaban J connectivity index is 2.42. The van der Waals surface area contributed by atoms with Gasteiger partial charge in [0.1, 0.15) is 0 Å². The second kappa shape index (κ2) is 4.41. The fraction of sp³-hybridized carbons (Fsp3) is 0.444. The highest BCUT2D eigenvalue weighted by Crippen LogP contribution is 2.22. The Hall–Kier alpha value is -1.10. The van der Waals surface area contributed by atoms with E-state index in [9.17, 15) is 13.2 Å². The van der Waals surface area contributed by atoms with Crippen molar-refractivity contribution in [3.63, 3.8) is 0 Å². The minimum absolute atomic E-state index is 0.123. The molecule has 14 heavy (non-hydrogen) atoms. The third kappa shape index (κ3) is 3.33. The molecule has 0 radical (unpaired) electrons. The lowest BCUT2D eigenvalue weighted by molar-refractivity contribution is -0.217. The molecule has 0 amide bonds. The van der Waals surface area contributed by atoms with E-state index in [1.165, 1.54) is 6.20 Å². The lowest BCUT2D eigenvalue weighted by atomic mass is 10.3. The summed E-state index contributed by atoms with van der Waals surface area (Å²) in [5, 5.41) is 0. The maximum atomic E-state index is 12.0. The predicted molar refractivity (Wildman–Crippen MR) is 44.5 cm³/mol. The van der Waals surface area contributed by atoms with Gasteiger partial charge >= 0.3 is 6.18 Å². The minimum Gasteiger partial charge on any atom is -0.363 e. The fourth-order valence-corrected chi connectivity index (χ4v) is 0.788. The summed E-state index contributed by atoms with van der Waals surface area (Å²) in [7, 11) is 0. The second-order valence-corrected chi connectivity index (χ2v) is 2.82. The Kier molecular flexibility index (Phi) is 3.46. The third-order valence-corrected chi connectivity index (χ3v) is 1.67. The van der Waals surface area contributed by atoms with Crippen molar-refractivity contribution >= 4 is 0 Å². The predicted octanol–water partition coefficient (Wildman–Crippen LogP) is 2.55. The van der Waals surface area contributed by atoms with Gasteiger partial charge in [-0.3, -0.25) is 4.98 Å². The first-order chi connectivity index (χ1) is 6.50. The van der Waals surface area contributed by atoms with Crippen LogP contribution < -0.4 is 0 Å². The number of hydrogen-bond acceptors (Lipinski definition) is 2. The van der Waals surface area contributed by atoms with Crippen LogP contribution in [0.1, 0.15) is 12.6 Å². The number of halogens is 3. The summed E-state index contributed by atoms with van der Waals surface area (Å²) < 4.78 is 40.6. The second-order valence-electron chi connectivity index (χ2n) is 2.82. The summed E-state index contributed by atoms with van der Waals surface area (Å²) >= 11 is 0. The van der Waals surface area contributed by atoms with E-state index in [-0.39, 0.29) is 6.61 Å². The molecule has 0 aromatic carbocycles. The Labute approximate surface area is 79.7 Å². The molecule has 0 spiro atoms. The van der Waals surface area contributed by atoms with E-state index in [4.69, 9.17) is 0 Å². The number of nitrogens with zero attached hydrogens (tertiary/aromatic N) is 1. The molecule has 0 saturated heterocycles. The van der Waals surface area contributed by atoms with Gasteiger partial charge in [-0.15, -0.1) is 0 Å². The molecule has 1 heterocycles. The number of rotatable bonds is 3. The average molecular weight is 205 g/mol. The van der Waals surface area contributed by atoms with Crippen molar-refractivity contribution in [1.82, 2.24) is 4.98 Å². The van der Waals surface area contributed by atoms with Crippen molar-refractivity contribution in [1.29, 1.82) is 0 Å². The third-order valence-electron chi connectivity index (χ3n) is 1.67. The smallest absolute Gasteiger partial charge is 0.363 e. The van der Waals surface area contributed by atoms with E-state index in [0.717, 1.165) is 6.92 Å². The maximum absolute atomic E-state index is 12.0. The zero-order valence-electron chi connectivity index (χ0n) is 7.58. The van der Waals surface area contributed by atoms with Gasteiger partial charge in [0.05, 0.1) is 12.3 Å². The zero-order valence-corrected chi connectivity index (χ0v) is 7.58. The van der Waals surface area contributed by atoms with Crippen LogP contribution in [0.25, 0.3) is 0 Å². The van der Waals surface area contributed by atoms with Gasteiger partial charge in [-0.2, -0.15) is 13.2 Å². The first kappa shape index (κ1) is 11.0. The standard InChI is InChI=1S/C9H10F3NO/c1-7(9(10,11)12)14-6-8-4-2-3-5-13-8/h2-5,7H,6H2,1H3. The summed E-state index contributed by atoms with van der Waals surface area (Å²) in [5.41, 5.74) is 0.489. The van der Waals surface area contributed by atoms with E-state index in [2.05, 4.69) is 9.72 Å². The number of alkyl halides is 3. The molecule has 0 aliphatic carbocycles. The highest BCUT2D eigenvalue weighted by atomic mass is 19.4. The van der Waals surface area contributed by atoms with Crippen molar-refractivity contribution < 1.29 is 17.9 Å². The van der Waals surface area contributed by atoms with Gasteiger partial charge in [-0.1, -0.05) is 6.07 Å². The Morgan fingerprint density at radius 2 is 2.14 bits per heavy atom. The van der Waals surface area contributed by atoms with Gasteiger partial charge in [0, 0.05) is 6.20 Å². The molecule has 78 valence electrons. The van der Waals surface area contributed by atoms with E-state index in [0.29, 0.717) is 5.69 Å². The lowest BCUT2D eigenvalue weighted by Crippen LogP contribution is -2.28. The van der Waals surface area contributed by atoms with Crippen molar-refractivity contribution in [2.75, 3.05) is 0 Å². The SMILES string of the molecule is CC(OCc1ccccn1)C(F)(F)F. The van der Waals surface area contributed by atoms with Gasteiger partial charge in [0.2, 0.25) is 0 Å². The zero-order chi connectivity index (χ0) is 10.6. The minimum atomic E-state index is -4.31. The quantitative estimate of drug-likeness (QED) is 0.756. The van der Waals surface area contributed by atoms with Crippen LogP contribution in [0.2, 0.25) is 0 Å². The van der Waals surface area contributed by atoms with Crippen LogP contribution in [0.4, 0.5) is 13.2 Å². The topological polar surface area (TPSA) is 22.1 Å². The molecule has 0 fully saturated rings. The summed E-state index contributed by atoms with van der Waals surface area (Å²) in [4.78, 5) is 3.84. The molecular formula is C9H10F3NO. The number of pyridine rings is 1.